The smallest absolute Gasteiger partial charge is 0.331 e. The maximum Gasteiger partial charge on any atom is 0.331 e. The number of esters is 1. The number of carbonyl (C=O) groups is 1. The second-order valence-corrected chi connectivity index (χ2v) is 8.13. The monoisotopic (exact) mass is 453 g/mol. The Labute approximate surface area is 181 Å². The van der Waals surface area contributed by atoms with Crippen LogP contribution < -0.4 is 0 Å². The third kappa shape index (κ3) is 21.1. The van der Waals surface area contributed by atoms with Gasteiger partial charge >= 0.3 is 5.97 Å². The molecule has 1 aromatic heterocycles. The Balaban J connectivity index is 0.00000102. The van der Waals surface area contributed by atoms with E-state index in [1.54, 1.807) is 12.4 Å². The van der Waals surface area contributed by atoms with E-state index in [9.17, 15) is 4.79 Å². The minimum absolute atomic E-state index is 0.161. The molecule has 1 atom stereocenters. The van der Waals surface area contributed by atoms with E-state index < -0.39 is 0 Å². The SMILES string of the molecule is C=CC(=O)OC(Br)CCCCCCCCCCCCCCC.c1ccncc1. The van der Waals surface area contributed by atoms with Crippen molar-refractivity contribution in [3.63, 3.8) is 0 Å². The number of ether oxygens (including phenoxy) is 1. The Kier molecular flexibility index (Phi) is 21.2. The average molecular weight is 454 g/mol. The zero-order valence-corrected chi connectivity index (χ0v) is 19.4. The Morgan fingerprint density at radius 2 is 1.36 bits per heavy atom. The summed E-state index contributed by atoms with van der Waals surface area (Å²) in [6, 6.07) is 5.72. The molecule has 0 N–H and O–H groups in total. The minimum Gasteiger partial charge on any atom is -0.448 e. The van der Waals surface area contributed by atoms with E-state index in [0.29, 0.717) is 0 Å². The molecule has 0 aromatic carbocycles. The van der Waals surface area contributed by atoms with Crippen molar-refractivity contribution >= 4 is 21.9 Å². The average Bonchev–Trinajstić information content (AvgIpc) is 2.73. The number of pyridine rings is 1. The van der Waals surface area contributed by atoms with E-state index in [4.69, 9.17) is 4.74 Å². The molecule has 0 bridgehead atoms. The van der Waals surface area contributed by atoms with Crippen molar-refractivity contribution in [2.24, 2.45) is 0 Å². The second-order valence-electron chi connectivity index (χ2n) is 7.11. The predicted octanol–water partition coefficient (Wildman–Crippen LogP) is 8.00. The van der Waals surface area contributed by atoms with Crippen LogP contribution in [0.4, 0.5) is 0 Å². The maximum absolute atomic E-state index is 11.0. The van der Waals surface area contributed by atoms with Crippen LogP contribution in [0.3, 0.4) is 0 Å². The summed E-state index contributed by atoms with van der Waals surface area (Å²) < 4.78 is 5.07. The molecule has 0 radical (unpaired) electrons. The number of unbranched alkanes of at least 4 members (excludes halogenated alkanes) is 12. The van der Waals surface area contributed by atoms with E-state index in [2.05, 4.69) is 34.4 Å². The van der Waals surface area contributed by atoms with Crippen molar-refractivity contribution < 1.29 is 9.53 Å². The first-order chi connectivity index (χ1) is 13.7. The summed E-state index contributed by atoms with van der Waals surface area (Å²) in [4.78, 5) is 14.8. The van der Waals surface area contributed by atoms with Crippen molar-refractivity contribution in [3.8, 4) is 0 Å². The molecule has 0 aliphatic rings. The molecule has 1 heterocycles. The van der Waals surface area contributed by atoms with Crippen LogP contribution in [0.2, 0.25) is 0 Å². The van der Waals surface area contributed by atoms with Gasteiger partial charge in [-0.25, -0.2) is 4.79 Å². The molecule has 1 unspecified atom stereocenters. The van der Waals surface area contributed by atoms with Gasteiger partial charge in [-0.2, -0.15) is 0 Å². The van der Waals surface area contributed by atoms with Gasteiger partial charge in [0.2, 0.25) is 0 Å². The number of nitrogens with zero attached hydrogens (tertiary/aromatic N) is 1. The standard InChI is InChI=1S/C19H35BrO2.C5H5N/c1-3-5-6-7-8-9-10-11-12-13-14-15-16-17-18(20)22-19(21)4-2;1-2-4-6-5-3-1/h4,18H,2-3,5-17H2,1H3;1-5H. The molecule has 4 heteroatoms. The second kappa shape index (κ2) is 22.1. The molecular formula is C24H40BrNO2. The highest BCUT2D eigenvalue weighted by atomic mass is 79.9. The van der Waals surface area contributed by atoms with Crippen LogP contribution in [0.1, 0.15) is 96.8 Å². The van der Waals surface area contributed by atoms with Crippen LogP contribution in [0.15, 0.2) is 43.2 Å². The molecule has 0 aliphatic heterocycles. The zero-order valence-electron chi connectivity index (χ0n) is 17.8. The summed E-state index contributed by atoms with van der Waals surface area (Å²) in [7, 11) is 0. The predicted molar refractivity (Wildman–Crippen MR) is 124 cm³/mol. The quantitative estimate of drug-likeness (QED) is 0.110. The summed E-state index contributed by atoms with van der Waals surface area (Å²) in [6.07, 6.45) is 23.2. The zero-order chi connectivity index (χ0) is 20.7. The molecule has 0 fully saturated rings. The molecule has 0 saturated heterocycles. The van der Waals surface area contributed by atoms with Crippen molar-refractivity contribution in [2.75, 3.05) is 0 Å². The Morgan fingerprint density at radius 1 is 0.893 bits per heavy atom. The van der Waals surface area contributed by atoms with Crippen LogP contribution in [0.25, 0.3) is 0 Å². The Morgan fingerprint density at radius 3 is 1.71 bits per heavy atom. The highest BCUT2D eigenvalue weighted by Crippen LogP contribution is 2.16. The van der Waals surface area contributed by atoms with E-state index in [1.807, 2.05) is 18.2 Å². The molecule has 1 aromatic rings. The van der Waals surface area contributed by atoms with Gasteiger partial charge in [-0.15, -0.1) is 0 Å². The molecule has 0 saturated carbocycles. The van der Waals surface area contributed by atoms with Gasteiger partial charge in [0.15, 0.2) is 5.01 Å². The lowest BCUT2D eigenvalue weighted by molar-refractivity contribution is -0.139. The van der Waals surface area contributed by atoms with Crippen LogP contribution in [-0.2, 0) is 9.53 Å². The molecule has 0 amide bonds. The van der Waals surface area contributed by atoms with E-state index in [0.717, 1.165) is 12.8 Å². The number of aromatic nitrogens is 1. The lowest BCUT2D eigenvalue weighted by Crippen LogP contribution is -2.09. The van der Waals surface area contributed by atoms with Gasteiger partial charge in [0, 0.05) is 18.5 Å². The Hall–Kier alpha value is -1.16. The molecule has 160 valence electrons. The van der Waals surface area contributed by atoms with Crippen LogP contribution in [0, 0.1) is 0 Å². The largest absolute Gasteiger partial charge is 0.448 e. The molecule has 0 aliphatic carbocycles. The van der Waals surface area contributed by atoms with Gasteiger partial charge in [-0.05, 0) is 40.9 Å². The van der Waals surface area contributed by atoms with Gasteiger partial charge < -0.3 is 4.74 Å². The number of hydrogen-bond acceptors (Lipinski definition) is 3. The molecule has 28 heavy (non-hydrogen) atoms. The van der Waals surface area contributed by atoms with Gasteiger partial charge in [0.1, 0.15) is 0 Å². The summed E-state index contributed by atoms with van der Waals surface area (Å²) >= 11 is 3.36. The number of rotatable bonds is 16. The topological polar surface area (TPSA) is 39.2 Å². The van der Waals surface area contributed by atoms with Gasteiger partial charge in [0.05, 0.1) is 0 Å². The fourth-order valence-electron chi connectivity index (χ4n) is 2.87. The van der Waals surface area contributed by atoms with Crippen molar-refractivity contribution in [1.82, 2.24) is 4.98 Å². The first-order valence-electron chi connectivity index (χ1n) is 11.0. The molecular weight excluding hydrogens is 414 g/mol. The lowest BCUT2D eigenvalue weighted by Gasteiger charge is -2.09. The first kappa shape index (κ1) is 26.8. The summed E-state index contributed by atoms with van der Waals surface area (Å²) in [6.45, 7) is 5.66. The van der Waals surface area contributed by atoms with Crippen LogP contribution in [0.5, 0.6) is 0 Å². The molecule has 0 spiro atoms. The van der Waals surface area contributed by atoms with Gasteiger partial charge in [0.25, 0.3) is 0 Å². The molecule has 1 rings (SSSR count). The van der Waals surface area contributed by atoms with Crippen LogP contribution in [-0.4, -0.2) is 16.0 Å². The lowest BCUT2D eigenvalue weighted by atomic mass is 10.0. The van der Waals surface area contributed by atoms with Crippen molar-refractivity contribution in [1.29, 1.82) is 0 Å². The van der Waals surface area contributed by atoms with Gasteiger partial charge in [-0.1, -0.05) is 96.6 Å². The highest BCUT2D eigenvalue weighted by molar-refractivity contribution is 9.09. The van der Waals surface area contributed by atoms with E-state index in [1.165, 1.54) is 83.1 Å². The fraction of sp³-hybridized carbons (Fsp3) is 0.667. The van der Waals surface area contributed by atoms with Crippen LogP contribution >= 0.6 is 15.9 Å². The maximum atomic E-state index is 11.0. The number of alkyl halides is 1. The van der Waals surface area contributed by atoms with Gasteiger partial charge in [-0.3, -0.25) is 4.98 Å². The third-order valence-corrected chi connectivity index (χ3v) is 5.16. The number of halogens is 1. The Bertz CT molecular complexity index is 426. The first-order valence-corrected chi connectivity index (χ1v) is 11.9. The summed E-state index contributed by atoms with van der Waals surface area (Å²) in [5, 5.41) is -0.161. The van der Waals surface area contributed by atoms with Crippen molar-refractivity contribution in [2.45, 2.75) is 102 Å². The molecule has 3 nitrogen and oxygen atoms in total. The normalized spacial score (nSPS) is 11.2. The fourth-order valence-corrected chi connectivity index (χ4v) is 3.38. The third-order valence-electron chi connectivity index (χ3n) is 4.51. The summed E-state index contributed by atoms with van der Waals surface area (Å²) in [5.74, 6) is -0.350. The number of carbonyl (C=O) groups excluding carboxylic acids is 1. The highest BCUT2D eigenvalue weighted by Gasteiger charge is 2.07. The number of hydrogen-bond donors (Lipinski definition) is 0. The minimum atomic E-state index is -0.350. The summed E-state index contributed by atoms with van der Waals surface area (Å²) in [5.41, 5.74) is 0. The van der Waals surface area contributed by atoms with E-state index in [-0.39, 0.29) is 11.0 Å². The van der Waals surface area contributed by atoms with E-state index >= 15 is 0 Å². The van der Waals surface area contributed by atoms with Crippen molar-refractivity contribution in [3.05, 3.63) is 43.2 Å².